The molecule has 0 spiro atoms. The maximum atomic E-state index is 12.7. The van der Waals surface area contributed by atoms with Gasteiger partial charge in [0.05, 0.1) is 12.7 Å². The van der Waals surface area contributed by atoms with Gasteiger partial charge in [0.2, 0.25) is 0 Å². The fraction of sp³-hybridized carbons (Fsp3) is 0.500. The highest BCUT2D eigenvalue weighted by Crippen LogP contribution is 2.39. The molecule has 0 amide bonds. The molecule has 1 N–H and O–H groups in total. The number of carbonyl (C=O) groups excluding carboxylic acids is 1. The van der Waals surface area contributed by atoms with Crippen molar-refractivity contribution in [2.75, 3.05) is 13.7 Å². The van der Waals surface area contributed by atoms with Crippen LogP contribution in [0, 0.1) is 11.8 Å². The normalized spacial score (nSPS) is 17.5. The standard InChI is InChI=1S/C16H20O5/c1-9(2)10-4-5-11-12(20-3)6-7-13(15(11)16(10)19)21-8-14(17)18/h6-7,9-10H,4-5,8H2,1-3H3,(H,17,18). The first-order valence-corrected chi connectivity index (χ1v) is 7.04. The molecule has 0 bridgehead atoms. The number of methoxy groups -OCH3 is 1. The van der Waals surface area contributed by atoms with Gasteiger partial charge in [0.25, 0.3) is 0 Å². The number of ketones is 1. The lowest BCUT2D eigenvalue weighted by molar-refractivity contribution is -0.139. The van der Waals surface area contributed by atoms with E-state index in [4.69, 9.17) is 14.6 Å². The van der Waals surface area contributed by atoms with E-state index < -0.39 is 12.6 Å². The molecule has 1 aliphatic carbocycles. The van der Waals surface area contributed by atoms with Crippen LogP contribution in [-0.4, -0.2) is 30.6 Å². The molecule has 2 rings (SSSR count). The van der Waals surface area contributed by atoms with Crippen LogP contribution in [-0.2, 0) is 11.2 Å². The Balaban J connectivity index is 2.45. The van der Waals surface area contributed by atoms with Gasteiger partial charge in [-0.25, -0.2) is 4.79 Å². The minimum Gasteiger partial charge on any atom is -0.496 e. The van der Waals surface area contributed by atoms with E-state index >= 15 is 0 Å². The van der Waals surface area contributed by atoms with E-state index in [2.05, 4.69) is 0 Å². The maximum absolute atomic E-state index is 12.7. The lowest BCUT2D eigenvalue weighted by Crippen LogP contribution is -2.28. The van der Waals surface area contributed by atoms with Gasteiger partial charge < -0.3 is 14.6 Å². The summed E-state index contributed by atoms with van der Waals surface area (Å²) < 4.78 is 10.6. The summed E-state index contributed by atoms with van der Waals surface area (Å²) in [4.78, 5) is 23.4. The summed E-state index contributed by atoms with van der Waals surface area (Å²) in [5.41, 5.74) is 1.31. The van der Waals surface area contributed by atoms with Crippen LogP contribution in [0.1, 0.15) is 36.2 Å². The highest BCUT2D eigenvalue weighted by molar-refractivity contribution is 6.03. The highest BCUT2D eigenvalue weighted by atomic mass is 16.5. The quantitative estimate of drug-likeness (QED) is 0.903. The second-order valence-electron chi connectivity index (χ2n) is 5.56. The minimum absolute atomic E-state index is 0.0190. The van der Waals surface area contributed by atoms with E-state index in [9.17, 15) is 9.59 Å². The largest absolute Gasteiger partial charge is 0.496 e. The topological polar surface area (TPSA) is 72.8 Å². The summed E-state index contributed by atoms with van der Waals surface area (Å²) in [5.74, 6) is 0.126. The average molecular weight is 292 g/mol. The van der Waals surface area contributed by atoms with E-state index in [0.29, 0.717) is 17.1 Å². The number of aliphatic carboxylic acids is 1. The number of fused-ring (bicyclic) bond motifs is 1. The van der Waals surface area contributed by atoms with Gasteiger partial charge in [0.15, 0.2) is 12.4 Å². The second-order valence-corrected chi connectivity index (χ2v) is 5.56. The third kappa shape index (κ3) is 3.01. The number of hydrogen-bond donors (Lipinski definition) is 1. The third-order valence-electron chi connectivity index (χ3n) is 3.90. The van der Waals surface area contributed by atoms with E-state index in [1.54, 1.807) is 19.2 Å². The van der Waals surface area contributed by atoms with Crippen molar-refractivity contribution >= 4 is 11.8 Å². The summed E-state index contributed by atoms with van der Waals surface area (Å²) in [5, 5.41) is 8.75. The van der Waals surface area contributed by atoms with Crippen molar-refractivity contribution in [2.24, 2.45) is 11.8 Å². The van der Waals surface area contributed by atoms with E-state index in [1.165, 1.54) is 0 Å². The van der Waals surface area contributed by atoms with E-state index in [-0.39, 0.29) is 17.6 Å². The number of carboxylic acids is 1. The Hall–Kier alpha value is -2.04. The zero-order valence-corrected chi connectivity index (χ0v) is 12.5. The average Bonchev–Trinajstić information content (AvgIpc) is 2.44. The van der Waals surface area contributed by atoms with Gasteiger partial charge in [0.1, 0.15) is 11.5 Å². The molecule has 0 heterocycles. The van der Waals surface area contributed by atoms with Crippen LogP contribution < -0.4 is 9.47 Å². The molecule has 1 atom stereocenters. The molecule has 1 unspecified atom stereocenters. The number of Topliss-reactive ketones (excluding diaryl/α,β-unsaturated/α-hetero) is 1. The number of benzene rings is 1. The molecule has 5 heteroatoms. The van der Waals surface area contributed by atoms with Crippen molar-refractivity contribution in [3.63, 3.8) is 0 Å². The lowest BCUT2D eigenvalue weighted by Gasteiger charge is -2.28. The molecule has 0 radical (unpaired) electrons. The molecule has 0 aromatic heterocycles. The Morgan fingerprint density at radius 2 is 2.05 bits per heavy atom. The first kappa shape index (κ1) is 15.4. The molecule has 5 nitrogen and oxygen atoms in total. The van der Waals surface area contributed by atoms with E-state index in [0.717, 1.165) is 18.4 Å². The number of ether oxygens (including phenoxy) is 2. The summed E-state index contributed by atoms with van der Waals surface area (Å²) >= 11 is 0. The fourth-order valence-corrected chi connectivity index (χ4v) is 2.83. The van der Waals surface area contributed by atoms with Crippen LogP contribution in [0.2, 0.25) is 0 Å². The molecule has 0 aliphatic heterocycles. The summed E-state index contributed by atoms with van der Waals surface area (Å²) in [6.45, 7) is 3.58. The Morgan fingerprint density at radius 1 is 1.38 bits per heavy atom. The second kappa shape index (κ2) is 6.16. The van der Waals surface area contributed by atoms with Crippen molar-refractivity contribution in [1.82, 2.24) is 0 Å². The van der Waals surface area contributed by atoms with Gasteiger partial charge in [0, 0.05) is 11.5 Å². The molecular formula is C16H20O5. The number of hydrogen-bond acceptors (Lipinski definition) is 4. The fourth-order valence-electron chi connectivity index (χ4n) is 2.83. The molecule has 114 valence electrons. The first-order valence-electron chi connectivity index (χ1n) is 7.04. The number of carboxylic acid groups (broad SMARTS) is 1. The Bertz CT molecular complexity index is 562. The SMILES string of the molecule is COc1ccc(OCC(=O)O)c2c1CCC(C(C)C)C2=O. The van der Waals surface area contributed by atoms with Crippen molar-refractivity contribution in [3.05, 3.63) is 23.3 Å². The van der Waals surface area contributed by atoms with Crippen LogP contribution in [0.15, 0.2) is 12.1 Å². The van der Waals surface area contributed by atoms with Gasteiger partial charge in [-0.3, -0.25) is 4.79 Å². The van der Waals surface area contributed by atoms with Crippen LogP contribution >= 0.6 is 0 Å². The Kier molecular flexibility index (Phi) is 4.50. The van der Waals surface area contributed by atoms with Gasteiger partial charge in [-0.2, -0.15) is 0 Å². The van der Waals surface area contributed by atoms with Crippen LogP contribution in [0.25, 0.3) is 0 Å². The summed E-state index contributed by atoms with van der Waals surface area (Å²) in [6, 6.07) is 3.33. The predicted octanol–water partition coefficient (Wildman–Crippen LogP) is 2.56. The van der Waals surface area contributed by atoms with Crippen LogP contribution in [0.3, 0.4) is 0 Å². The molecule has 0 saturated heterocycles. The summed E-state index contributed by atoms with van der Waals surface area (Å²) in [7, 11) is 1.56. The number of carbonyl (C=O) groups is 2. The van der Waals surface area contributed by atoms with Crippen LogP contribution in [0.5, 0.6) is 11.5 Å². The molecule has 1 aromatic carbocycles. The lowest BCUT2D eigenvalue weighted by atomic mass is 9.76. The molecule has 1 aliphatic rings. The Morgan fingerprint density at radius 3 is 2.62 bits per heavy atom. The van der Waals surface area contributed by atoms with Crippen molar-refractivity contribution < 1.29 is 24.2 Å². The van der Waals surface area contributed by atoms with Gasteiger partial charge >= 0.3 is 5.97 Å². The molecular weight excluding hydrogens is 272 g/mol. The van der Waals surface area contributed by atoms with Crippen molar-refractivity contribution in [1.29, 1.82) is 0 Å². The van der Waals surface area contributed by atoms with Gasteiger partial charge in [-0.15, -0.1) is 0 Å². The van der Waals surface area contributed by atoms with E-state index in [1.807, 2.05) is 13.8 Å². The summed E-state index contributed by atoms with van der Waals surface area (Å²) in [6.07, 6.45) is 1.51. The first-order chi connectivity index (χ1) is 9.95. The van der Waals surface area contributed by atoms with Crippen molar-refractivity contribution in [2.45, 2.75) is 26.7 Å². The van der Waals surface area contributed by atoms with Crippen LogP contribution in [0.4, 0.5) is 0 Å². The Labute approximate surface area is 123 Å². The molecule has 1 aromatic rings. The molecule has 21 heavy (non-hydrogen) atoms. The third-order valence-corrected chi connectivity index (χ3v) is 3.90. The highest BCUT2D eigenvalue weighted by Gasteiger charge is 2.34. The molecule has 0 fully saturated rings. The minimum atomic E-state index is -1.07. The number of rotatable bonds is 5. The van der Waals surface area contributed by atoms with Crippen molar-refractivity contribution in [3.8, 4) is 11.5 Å². The smallest absolute Gasteiger partial charge is 0.341 e. The monoisotopic (exact) mass is 292 g/mol. The van der Waals surface area contributed by atoms with Gasteiger partial charge in [-0.1, -0.05) is 13.8 Å². The maximum Gasteiger partial charge on any atom is 0.341 e. The zero-order valence-electron chi connectivity index (χ0n) is 12.5. The predicted molar refractivity (Wildman–Crippen MR) is 77.1 cm³/mol. The molecule has 0 saturated carbocycles. The van der Waals surface area contributed by atoms with Gasteiger partial charge in [-0.05, 0) is 30.9 Å². The zero-order chi connectivity index (χ0) is 15.6.